The van der Waals surface area contributed by atoms with E-state index in [2.05, 4.69) is 30.8 Å². The molecule has 0 aliphatic heterocycles. The fraction of sp³-hybridized carbons (Fsp3) is 0.727. The maximum absolute atomic E-state index is 5.71. The van der Waals surface area contributed by atoms with Crippen LogP contribution in [0.25, 0.3) is 0 Å². The lowest BCUT2D eigenvalue weighted by atomic mass is 9.93. The molecule has 0 spiro atoms. The summed E-state index contributed by atoms with van der Waals surface area (Å²) in [5.74, 6) is 1.09. The van der Waals surface area contributed by atoms with E-state index in [9.17, 15) is 0 Å². The molecule has 0 saturated carbocycles. The zero-order valence-corrected chi connectivity index (χ0v) is 11.4. The Morgan fingerprint density at radius 2 is 2.12 bits per heavy atom. The maximum Gasteiger partial charge on any atom is 0.122 e. The van der Waals surface area contributed by atoms with Gasteiger partial charge in [-0.1, -0.05) is 13.8 Å². The van der Waals surface area contributed by atoms with E-state index >= 15 is 0 Å². The lowest BCUT2D eigenvalue weighted by Gasteiger charge is -2.28. The summed E-state index contributed by atoms with van der Waals surface area (Å²) < 4.78 is 2.05. The van der Waals surface area contributed by atoms with E-state index < -0.39 is 0 Å². The van der Waals surface area contributed by atoms with Gasteiger partial charge in [0.1, 0.15) is 5.82 Å². The Morgan fingerprint density at radius 1 is 1.50 bits per heavy atom. The topological polar surface area (TPSA) is 47.1 Å². The van der Waals surface area contributed by atoms with E-state index in [-0.39, 0.29) is 17.8 Å². The number of hydrogen-bond donors (Lipinski definition) is 1. The molecule has 0 saturated heterocycles. The Balaban J connectivity index is 0.00000225. The zero-order chi connectivity index (χ0) is 11.5. The molecule has 0 aliphatic rings. The molecule has 0 fully saturated rings. The zero-order valence-electron chi connectivity index (χ0n) is 10.6. The summed E-state index contributed by atoms with van der Waals surface area (Å²) in [7, 11) is 4.12. The third kappa shape index (κ3) is 4.51. The molecule has 1 aromatic rings. The Morgan fingerprint density at radius 3 is 2.56 bits per heavy atom. The van der Waals surface area contributed by atoms with Crippen LogP contribution in [0.4, 0.5) is 0 Å². The normalized spacial score (nSPS) is 11.6. The van der Waals surface area contributed by atoms with E-state index in [1.807, 2.05) is 24.0 Å². The van der Waals surface area contributed by atoms with Gasteiger partial charge in [-0.15, -0.1) is 12.4 Å². The molecular weight excluding hydrogens is 224 g/mol. The molecule has 1 rings (SSSR count). The van der Waals surface area contributed by atoms with E-state index in [1.165, 1.54) is 0 Å². The van der Waals surface area contributed by atoms with Crippen LogP contribution in [0, 0.1) is 5.41 Å². The van der Waals surface area contributed by atoms with Crippen molar-refractivity contribution in [3.8, 4) is 0 Å². The van der Waals surface area contributed by atoms with Gasteiger partial charge in [-0.05, 0) is 19.0 Å². The van der Waals surface area contributed by atoms with Gasteiger partial charge in [0.25, 0.3) is 0 Å². The van der Waals surface area contributed by atoms with E-state index in [4.69, 9.17) is 5.73 Å². The van der Waals surface area contributed by atoms with Gasteiger partial charge in [0.05, 0.1) is 6.54 Å². The molecule has 0 aliphatic carbocycles. The summed E-state index contributed by atoms with van der Waals surface area (Å²) in [5.41, 5.74) is 5.88. The first-order valence-corrected chi connectivity index (χ1v) is 5.29. The molecule has 1 aromatic heterocycles. The van der Waals surface area contributed by atoms with E-state index in [1.54, 1.807) is 0 Å². The Bertz CT molecular complexity index is 309. The minimum absolute atomic E-state index is 0. The molecule has 0 atom stereocenters. The number of nitrogens with two attached hydrogens (primary N) is 1. The van der Waals surface area contributed by atoms with Crippen LogP contribution in [0.2, 0.25) is 0 Å². The minimum atomic E-state index is 0. The van der Waals surface area contributed by atoms with Gasteiger partial charge in [-0.3, -0.25) is 4.90 Å². The van der Waals surface area contributed by atoms with Crippen LogP contribution in [0.1, 0.15) is 19.7 Å². The van der Waals surface area contributed by atoms with Crippen LogP contribution in [-0.4, -0.2) is 34.6 Å². The van der Waals surface area contributed by atoms with Gasteiger partial charge in [0, 0.05) is 26.0 Å². The number of rotatable bonds is 5. The predicted octanol–water partition coefficient (Wildman–Crippen LogP) is 1.26. The lowest BCUT2D eigenvalue weighted by molar-refractivity contribution is 0.205. The van der Waals surface area contributed by atoms with Crippen molar-refractivity contribution in [1.82, 2.24) is 14.5 Å². The number of aromatic nitrogens is 2. The number of hydrogen-bond acceptors (Lipinski definition) is 3. The summed E-state index contributed by atoms with van der Waals surface area (Å²) in [6.07, 6.45) is 3.80. The second-order valence-corrected chi connectivity index (χ2v) is 5.00. The van der Waals surface area contributed by atoms with Gasteiger partial charge < -0.3 is 10.3 Å². The summed E-state index contributed by atoms with van der Waals surface area (Å²) >= 11 is 0. The second-order valence-electron chi connectivity index (χ2n) is 5.00. The first-order chi connectivity index (χ1) is 6.94. The molecule has 2 N–H and O–H groups in total. The van der Waals surface area contributed by atoms with Gasteiger partial charge in [0.2, 0.25) is 0 Å². The van der Waals surface area contributed by atoms with Crippen molar-refractivity contribution in [3.05, 3.63) is 18.2 Å². The van der Waals surface area contributed by atoms with Gasteiger partial charge in [-0.25, -0.2) is 4.98 Å². The van der Waals surface area contributed by atoms with Crippen LogP contribution in [0.15, 0.2) is 12.4 Å². The third-order valence-electron chi connectivity index (χ3n) is 2.58. The first-order valence-electron chi connectivity index (χ1n) is 5.29. The van der Waals surface area contributed by atoms with Gasteiger partial charge >= 0.3 is 0 Å². The Kier molecular flexibility index (Phi) is 6.00. The maximum atomic E-state index is 5.71. The van der Waals surface area contributed by atoms with Crippen LogP contribution in [0.3, 0.4) is 0 Å². The third-order valence-corrected chi connectivity index (χ3v) is 2.58. The standard InChI is InChI=1S/C11H22N4.ClH/c1-11(2,8-12)9-14(3)7-10-13-5-6-15(10)4;/h5-6H,7-9,12H2,1-4H3;1H. The number of imidazole rings is 1. The number of nitrogens with zero attached hydrogens (tertiary/aromatic N) is 3. The molecule has 16 heavy (non-hydrogen) atoms. The Labute approximate surface area is 104 Å². The van der Waals surface area contributed by atoms with Crippen molar-refractivity contribution in [2.75, 3.05) is 20.1 Å². The number of aryl methyl sites for hydroxylation is 1. The lowest BCUT2D eigenvalue weighted by Crippen LogP contribution is -2.36. The highest BCUT2D eigenvalue weighted by Gasteiger charge is 2.18. The highest BCUT2D eigenvalue weighted by atomic mass is 35.5. The van der Waals surface area contributed by atoms with Gasteiger partial charge in [-0.2, -0.15) is 0 Å². The van der Waals surface area contributed by atoms with Crippen molar-refractivity contribution in [3.63, 3.8) is 0 Å². The fourth-order valence-corrected chi connectivity index (χ4v) is 1.64. The second kappa shape index (κ2) is 6.23. The molecule has 0 bridgehead atoms. The quantitative estimate of drug-likeness (QED) is 0.851. The smallest absolute Gasteiger partial charge is 0.122 e. The average Bonchev–Trinajstić information content (AvgIpc) is 2.51. The van der Waals surface area contributed by atoms with Crippen molar-refractivity contribution >= 4 is 12.4 Å². The van der Waals surface area contributed by atoms with Crippen molar-refractivity contribution in [1.29, 1.82) is 0 Å². The summed E-state index contributed by atoms with van der Waals surface area (Å²) in [5, 5.41) is 0. The molecule has 0 amide bonds. The largest absolute Gasteiger partial charge is 0.337 e. The highest BCUT2D eigenvalue weighted by molar-refractivity contribution is 5.85. The fourth-order valence-electron chi connectivity index (χ4n) is 1.64. The van der Waals surface area contributed by atoms with Crippen molar-refractivity contribution in [2.24, 2.45) is 18.2 Å². The first kappa shape index (κ1) is 15.4. The molecule has 94 valence electrons. The van der Waals surface area contributed by atoms with Crippen LogP contribution >= 0.6 is 12.4 Å². The van der Waals surface area contributed by atoms with Crippen LogP contribution < -0.4 is 5.73 Å². The van der Waals surface area contributed by atoms with Crippen molar-refractivity contribution in [2.45, 2.75) is 20.4 Å². The SMILES string of the molecule is CN(Cc1nccn1C)CC(C)(C)CN.Cl. The van der Waals surface area contributed by atoms with Crippen molar-refractivity contribution < 1.29 is 0 Å². The average molecular weight is 247 g/mol. The monoisotopic (exact) mass is 246 g/mol. The summed E-state index contributed by atoms with van der Waals surface area (Å²) in [4.78, 5) is 6.56. The van der Waals surface area contributed by atoms with Gasteiger partial charge in [0.15, 0.2) is 0 Å². The van der Waals surface area contributed by atoms with E-state index in [0.29, 0.717) is 6.54 Å². The molecule has 1 heterocycles. The summed E-state index contributed by atoms with van der Waals surface area (Å²) in [6.45, 7) is 6.92. The minimum Gasteiger partial charge on any atom is -0.337 e. The van der Waals surface area contributed by atoms with E-state index in [0.717, 1.165) is 18.9 Å². The molecule has 0 radical (unpaired) electrons. The molecule has 0 aromatic carbocycles. The van der Waals surface area contributed by atoms with Crippen LogP contribution in [-0.2, 0) is 13.6 Å². The molecule has 4 nitrogen and oxygen atoms in total. The number of halogens is 1. The highest BCUT2D eigenvalue weighted by Crippen LogP contribution is 2.14. The predicted molar refractivity (Wildman–Crippen MR) is 69.6 cm³/mol. The molecule has 5 heteroatoms. The molecular formula is C11H23ClN4. The molecule has 0 unspecified atom stereocenters. The summed E-state index contributed by atoms with van der Waals surface area (Å²) in [6, 6.07) is 0. The Hall–Kier alpha value is -0.580. The van der Waals surface area contributed by atoms with Crippen LogP contribution in [0.5, 0.6) is 0 Å².